The second kappa shape index (κ2) is 9.20. The summed E-state index contributed by atoms with van der Waals surface area (Å²) in [5, 5.41) is 10.2. The predicted molar refractivity (Wildman–Crippen MR) is 98.7 cm³/mol. The number of esters is 1. The average Bonchev–Trinajstić information content (AvgIpc) is 2.61. The van der Waals surface area contributed by atoms with Crippen molar-refractivity contribution < 1.29 is 27.9 Å². The molecular formula is C17H16ClF3N2O3S. The van der Waals surface area contributed by atoms with Crippen LogP contribution in [0, 0.1) is 0 Å². The Hall–Kier alpha value is -2.10. The van der Waals surface area contributed by atoms with Crippen molar-refractivity contribution in [3.8, 4) is 0 Å². The molecule has 0 atom stereocenters. The number of carbonyl (C=O) groups is 1. The third kappa shape index (κ3) is 5.95. The molecule has 0 heterocycles. The standard InChI is InChI=1S/C17H16ClF3N2O3S/c1-2-26-16(24)11-22(27-23(25)13-6-4-3-5-7-13)15-10-12(17(19,20)21)8-9-14(15)18/h3-10,25H,2,11H2,1H3. The zero-order valence-electron chi connectivity index (χ0n) is 14.1. The molecule has 27 heavy (non-hydrogen) atoms. The maximum atomic E-state index is 13.1. The van der Waals surface area contributed by atoms with Crippen LogP contribution in [-0.4, -0.2) is 24.3 Å². The van der Waals surface area contributed by atoms with Gasteiger partial charge in [-0.25, -0.2) is 0 Å². The Balaban J connectivity index is 2.36. The second-order valence-corrected chi connectivity index (χ2v) is 6.55. The van der Waals surface area contributed by atoms with Crippen LogP contribution in [0.3, 0.4) is 0 Å². The quantitative estimate of drug-likeness (QED) is 0.378. The Morgan fingerprint density at radius 3 is 2.48 bits per heavy atom. The molecule has 2 rings (SSSR count). The zero-order chi connectivity index (χ0) is 20.0. The van der Waals surface area contributed by atoms with Gasteiger partial charge in [0.05, 0.1) is 40.7 Å². The van der Waals surface area contributed by atoms with Gasteiger partial charge >= 0.3 is 12.1 Å². The molecule has 0 fully saturated rings. The normalized spacial score (nSPS) is 11.2. The molecule has 0 unspecified atom stereocenters. The molecular weight excluding hydrogens is 405 g/mol. The first-order chi connectivity index (χ1) is 12.7. The fraction of sp³-hybridized carbons (Fsp3) is 0.235. The molecule has 2 aromatic rings. The SMILES string of the molecule is CCOC(=O)CN(SN(O)c1ccccc1)c1cc(C(F)(F)F)ccc1Cl. The van der Waals surface area contributed by atoms with Gasteiger partial charge in [-0.3, -0.25) is 14.3 Å². The lowest BCUT2D eigenvalue weighted by Gasteiger charge is -2.27. The molecule has 0 amide bonds. The largest absolute Gasteiger partial charge is 0.465 e. The van der Waals surface area contributed by atoms with Crippen LogP contribution in [0.1, 0.15) is 12.5 Å². The summed E-state index contributed by atoms with van der Waals surface area (Å²) < 4.78 is 45.9. The number of alkyl halides is 3. The first-order valence-corrected chi connectivity index (χ1v) is 8.85. The van der Waals surface area contributed by atoms with E-state index in [4.69, 9.17) is 16.3 Å². The highest BCUT2D eigenvalue weighted by atomic mass is 35.5. The van der Waals surface area contributed by atoms with Crippen LogP contribution in [0.2, 0.25) is 5.02 Å². The highest BCUT2D eigenvalue weighted by Gasteiger charge is 2.32. The summed E-state index contributed by atoms with van der Waals surface area (Å²) in [5.41, 5.74) is -0.653. The molecule has 2 aromatic carbocycles. The first kappa shape index (κ1) is 21.2. The topological polar surface area (TPSA) is 53.0 Å². The van der Waals surface area contributed by atoms with Crippen molar-refractivity contribution in [1.29, 1.82) is 0 Å². The van der Waals surface area contributed by atoms with Gasteiger partial charge in [0.25, 0.3) is 0 Å². The van der Waals surface area contributed by atoms with Crippen LogP contribution in [0.4, 0.5) is 24.5 Å². The maximum Gasteiger partial charge on any atom is 0.416 e. The van der Waals surface area contributed by atoms with E-state index >= 15 is 0 Å². The van der Waals surface area contributed by atoms with E-state index in [1.54, 1.807) is 37.3 Å². The summed E-state index contributed by atoms with van der Waals surface area (Å²) in [7, 11) is 0. The van der Waals surface area contributed by atoms with E-state index in [0.29, 0.717) is 17.8 Å². The van der Waals surface area contributed by atoms with Gasteiger partial charge < -0.3 is 4.74 Å². The second-order valence-electron chi connectivity index (χ2n) is 5.20. The highest BCUT2D eigenvalue weighted by Crippen LogP contribution is 2.38. The number of hydrogen-bond donors (Lipinski definition) is 1. The molecule has 10 heteroatoms. The Labute approximate surface area is 163 Å². The molecule has 0 radical (unpaired) electrons. The van der Waals surface area contributed by atoms with Gasteiger partial charge in [-0.2, -0.15) is 17.6 Å². The number of hydrogen-bond acceptors (Lipinski definition) is 6. The molecule has 5 nitrogen and oxygen atoms in total. The average molecular weight is 421 g/mol. The van der Waals surface area contributed by atoms with Gasteiger partial charge in [0.1, 0.15) is 6.54 Å². The Morgan fingerprint density at radius 2 is 1.89 bits per heavy atom. The summed E-state index contributed by atoms with van der Waals surface area (Å²) >= 11 is 6.66. The van der Waals surface area contributed by atoms with Crippen molar-refractivity contribution in [2.75, 3.05) is 21.9 Å². The minimum Gasteiger partial charge on any atom is -0.465 e. The number of halogens is 4. The summed E-state index contributed by atoms with van der Waals surface area (Å²) in [5.74, 6) is -0.681. The number of nitrogens with zero attached hydrogens (tertiary/aromatic N) is 2. The van der Waals surface area contributed by atoms with E-state index in [1.165, 1.54) is 0 Å². The summed E-state index contributed by atoms with van der Waals surface area (Å²) in [6.07, 6.45) is -4.59. The van der Waals surface area contributed by atoms with Crippen molar-refractivity contribution in [2.24, 2.45) is 0 Å². The number of carbonyl (C=O) groups excluding carboxylic acids is 1. The van der Waals surface area contributed by atoms with Crippen molar-refractivity contribution in [2.45, 2.75) is 13.1 Å². The van der Waals surface area contributed by atoms with Crippen LogP contribution in [0.5, 0.6) is 0 Å². The van der Waals surface area contributed by atoms with Crippen molar-refractivity contribution in [1.82, 2.24) is 0 Å². The third-order valence-corrected chi connectivity index (χ3v) is 4.48. The number of benzene rings is 2. The number of para-hydroxylation sites is 1. The molecule has 0 aliphatic heterocycles. The minimum atomic E-state index is -4.59. The lowest BCUT2D eigenvalue weighted by Crippen LogP contribution is -2.30. The first-order valence-electron chi connectivity index (χ1n) is 7.74. The van der Waals surface area contributed by atoms with Gasteiger partial charge in [0.2, 0.25) is 0 Å². The van der Waals surface area contributed by atoms with Gasteiger partial charge in [-0.15, -0.1) is 0 Å². The van der Waals surface area contributed by atoms with E-state index < -0.39 is 24.3 Å². The predicted octanol–water partition coefficient (Wildman–Crippen LogP) is 5.19. The van der Waals surface area contributed by atoms with E-state index in [1.807, 2.05) is 0 Å². The molecule has 0 saturated heterocycles. The summed E-state index contributed by atoms with van der Waals surface area (Å²) in [6.45, 7) is 1.29. The van der Waals surface area contributed by atoms with E-state index in [-0.39, 0.29) is 17.3 Å². The van der Waals surface area contributed by atoms with Crippen molar-refractivity contribution >= 4 is 41.1 Å². The molecule has 1 N–H and O–H groups in total. The smallest absolute Gasteiger partial charge is 0.416 e. The van der Waals surface area contributed by atoms with Crippen LogP contribution in [0.15, 0.2) is 48.5 Å². The zero-order valence-corrected chi connectivity index (χ0v) is 15.7. The van der Waals surface area contributed by atoms with Crippen LogP contribution in [-0.2, 0) is 15.7 Å². The van der Waals surface area contributed by atoms with E-state index in [9.17, 15) is 23.2 Å². The number of ether oxygens (including phenoxy) is 1. The Bertz CT molecular complexity index is 778. The van der Waals surface area contributed by atoms with E-state index in [2.05, 4.69) is 0 Å². The molecule has 0 spiro atoms. The minimum absolute atomic E-state index is 0.0127. The van der Waals surface area contributed by atoms with Gasteiger partial charge in [0, 0.05) is 0 Å². The molecule has 146 valence electrons. The molecule has 0 aliphatic rings. The fourth-order valence-electron chi connectivity index (χ4n) is 2.06. The maximum absolute atomic E-state index is 13.1. The van der Waals surface area contributed by atoms with Crippen LogP contribution < -0.4 is 8.77 Å². The third-order valence-electron chi connectivity index (χ3n) is 3.27. The lowest BCUT2D eigenvalue weighted by atomic mass is 10.2. The van der Waals surface area contributed by atoms with Crippen LogP contribution in [0.25, 0.3) is 0 Å². The van der Waals surface area contributed by atoms with Gasteiger partial charge in [0.15, 0.2) is 0 Å². The van der Waals surface area contributed by atoms with Crippen molar-refractivity contribution in [3.63, 3.8) is 0 Å². The summed E-state index contributed by atoms with van der Waals surface area (Å²) in [4.78, 5) is 11.9. The molecule has 0 bridgehead atoms. The Morgan fingerprint density at radius 1 is 1.22 bits per heavy atom. The highest BCUT2D eigenvalue weighted by molar-refractivity contribution is 8.01. The Kier molecular flexibility index (Phi) is 7.23. The number of rotatable bonds is 7. The molecule has 0 saturated carbocycles. The van der Waals surface area contributed by atoms with Crippen LogP contribution >= 0.6 is 23.7 Å². The van der Waals surface area contributed by atoms with Crippen molar-refractivity contribution in [3.05, 3.63) is 59.1 Å². The van der Waals surface area contributed by atoms with Gasteiger partial charge in [-0.1, -0.05) is 29.8 Å². The summed E-state index contributed by atoms with van der Waals surface area (Å²) in [6, 6.07) is 11.0. The molecule has 0 aromatic heterocycles. The van der Waals surface area contributed by atoms with E-state index in [0.717, 1.165) is 27.0 Å². The number of anilines is 2. The molecule has 0 aliphatic carbocycles. The monoisotopic (exact) mass is 420 g/mol. The fourth-order valence-corrected chi connectivity index (χ4v) is 3.13. The van der Waals surface area contributed by atoms with Gasteiger partial charge in [-0.05, 0) is 37.3 Å². The lowest BCUT2D eigenvalue weighted by molar-refractivity contribution is -0.141.